The summed E-state index contributed by atoms with van der Waals surface area (Å²) in [6.07, 6.45) is 2.74. The fraction of sp³-hybridized carbons (Fsp3) is 0. The summed E-state index contributed by atoms with van der Waals surface area (Å²) in [6.45, 7) is 0. The molecule has 1 heterocycles. The molecule has 136 valence electrons. The molecule has 0 fully saturated rings. The van der Waals surface area contributed by atoms with Gasteiger partial charge in [-0.15, -0.1) is 0 Å². The van der Waals surface area contributed by atoms with Crippen LogP contribution in [-0.4, -0.2) is 16.9 Å². The maximum atomic E-state index is 13.1. The number of hydrogen-bond acceptors (Lipinski definition) is 4. The molecule has 0 saturated heterocycles. The number of furan rings is 1. The fourth-order valence-electron chi connectivity index (χ4n) is 2.26. The van der Waals surface area contributed by atoms with E-state index in [4.69, 9.17) is 4.42 Å². The number of carbonyl (C=O) groups excluding carboxylic acids is 2. The number of amides is 2. The zero-order chi connectivity index (χ0) is 19.2. The summed E-state index contributed by atoms with van der Waals surface area (Å²) in [5.41, 5.74) is 0.779. The van der Waals surface area contributed by atoms with Gasteiger partial charge in [0, 0.05) is 11.8 Å². The molecule has 3 rings (SSSR count). The molecule has 0 saturated carbocycles. The van der Waals surface area contributed by atoms with Crippen molar-refractivity contribution in [3.63, 3.8) is 0 Å². The summed E-state index contributed by atoms with van der Waals surface area (Å²) in [5.74, 6) is -1.64. The fourth-order valence-corrected chi connectivity index (χ4v) is 2.26. The lowest BCUT2D eigenvalue weighted by Gasteiger charge is -2.10. The predicted molar refractivity (Wildman–Crippen MR) is 97.3 cm³/mol. The van der Waals surface area contributed by atoms with Crippen molar-refractivity contribution in [1.82, 2.24) is 5.32 Å². The molecular weight excluding hydrogens is 351 g/mol. The Morgan fingerprint density at radius 1 is 1.04 bits per heavy atom. The molecule has 2 amide bonds. The van der Waals surface area contributed by atoms with Crippen molar-refractivity contribution in [2.45, 2.75) is 0 Å². The Kier molecular flexibility index (Phi) is 5.32. The van der Waals surface area contributed by atoms with E-state index in [1.165, 1.54) is 54.8 Å². The Morgan fingerprint density at radius 2 is 1.81 bits per heavy atom. The van der Waals surface area contributed by atoms with E-state index in [2.05, 4.69) is 10.6 Å². The molecule has 6 nitrogen and oxygen atoms in total. The molecule has 0 radical (unpaired) electrons. The number of phenolic OH excluding ortho intramolecular Hbond substituents is 1. The predicted octanol–water partition coefficient (Wildman–Crippen LogP) is 3.53. The molecule has 2 aromatic carbocycles. The van der Waals surface area contributed by atoms with Gasteiger partial charge in [-0.2, -0.15) is 0 Å². The first-order chi connectivity index (χ1) is 13.0. The van der Waals surface area contributed by atoms with Crippen molar-refractivity contribution in [1.29, 1.82) is 0 Å². The summed E-state index contributed by atoms with van der Waals surface area (Å²) < 4.78 is 18.1. The van der Waals surface area contributed by atoms with Gasteiger partial charge in [-0.05, 0) is 48.0 Å². The first kappa shape index (κ1) is 17.9. The van der Waals surface area contributed by atoms with E-state index in [9.17, 15) is 19.1 Å². The minimum Gasteiger partial charge on any atom is -0.508 e. The number of rotatable bonds is 5. The standard InChI is InChI=1S/C20H15FN2O4/c21-14-8-6-13(7-9-14)11-17(23-20(26)18-5-2-10-27-18)19(25)22-15-3-1-4-16(24)12-15/h1-12,24H,(H,22,25)(H,23,26). The average Bonchev–Trinajstić information content (AvgIpc) is 3.18. The van der Waals surface area contributed by atoms with Crippen LogP contribution in [0.3, 0.4) is 0 Å². The first-order valence-electron chi connectivity index (χ1n) is 7.94. The van der Waals surface area contributed by atoms with Gasteiger partial charge < -0.3 is 20.2 Å². The van der Waals surface area contributed by atoms with Gasteiger partial charge in [-0.25, -0.2) is 4.39 Å². The van der Waals surface area contributed by atoms with Crippen molar-refractivity contribution in [2.75, 3.05) is 5.32 Å². The van der Waals surface area contributed by atoms with Crippen molar-refractivity contribution < 1.29 is 23.5 Å². The highest BCUT2D eigenvalue weighted by Crippen LogP contribution is 2.17. The van der Waals surface area contributed by atoms with Crippen LogP contribution in [0.4, 0.5) is 10.1 Å². The van der Waals surface area contributed by atoms with E-state index in [0.29, 0.717) is 11.3 Å². The molecule has 0 unspecified atom stereocenters. The number of hydrogen-bond donors (Lipinski definition) is 3. The van der Waals surface area contributed by atoms with E-state index in [1.54, 1.807) is 18.2 Å². The molecule has 0 bridgehead atoms. The third-order valence-corrected chi connectivity index (χ3v) is 3.52. The number of aromatic hydroxyl groups is 1. The first-order valence-corrected chi connectivity index (χ1v) is 7.94. The highest BCUT2D eigenvalue weighted by molar-refractivity contribution is 6.10. The van der Waals surface area contributed by atoms with E-state index in [-0.39, 0.29) is 17.2 Å². The van der Waals surface area contributed by atoms with Gasteiger partial charge in [0.25, 0.3) is 11.8 Å². The van der Waals surface area contributed by atoms with E-state index in [0.717, 1.165) is 0 Å². The van der Waals surface area contributed by atoms with Gasteiger partial charge in [0.1, 0.15) is 17.3 Å². The maximum absolute atomic E-state index is 13.1. The topological polar surface area (TPSA) is 91.6 Å². The van der Waals surface area contributed by atoms with E-state index < -0.39 is 17.6 Å². The molecule has 3 N–H and O–H groups in total. The van der Waals surface area contributed by atoms with Gasteiger partial charge in [-0.1, -0.05) is 18.2 Å². The second-order valence-corrected chi connectivity index (χ2v) is 5.55. The van der Waals surface area contributed by atoms with Gasteiger partial charge in [-0.3, -0.25) is 9.59 Å². The van der Waals surface area contributed by atoms with Crippen LogP contribution in [0.25, 0.3) is 6.08 Å². The van der Waals surface area contributed by atoms with Gasteiger partial charge >= 0.3 is 0 Å². The Bertz CT molecular complexity index is 979. The lowest BCUT2D eigenvalue weighted by atomic mass is 10.1. The Morgan fingerprint density at radius 3 is 2.48 bits per heavy atom. The SMILES string of the molecule is O=C(Nc1cccc(O)c1)C(=Cc1ccc(F)cc1)NC(=O)c1ccco1. The molecule has 0 atom stereocenters. The monoisotopic (exact) mass is 366 g/mol. The minimum atomic E-state index is -0.621. The van der Waals surface area contributed by atoms with Gasteiger partial charge in [0.2, 0.25) is 0 Å². The zero-order valence-electron chi connectivity index (χ0n) is 14.0. The summed E-state index contributed by atoms with van der Waals surface area (Å²) in [5, 5.41) is 14.6. The summed E-state index contributed by atoms with van der Waals surface area (Å²) in [7, 11) is 0. The second kappa shape index (κ2) is 8.01. The van der Waals surface area contributed by atoms with E-state index in [1.807, 2.05) is 0 Å². The Balaban J connectivity index is 1.87. The second-order valence-electron chi connectivity index (χ2n) is 5.55. The summed E-state index contributed by atoms with van der Waals surface area (Å²) in [6, 6.07) is 14.4. The molecular formula is C20H15FN2O4. The quantitative estimate of drug-likeness (QED) is 0.603. The van der Waals surface area contributed by atoms with Crippen molar-refractivity contribution >= 4 is 23.6 Å². The van der Waals surface area contributed by atoms with Crippen LogP contribution < -0.4 is 10.6 Å². The smallest absolute Gasteiger partial charge is 0.291 e. The zero-order valence-corrected chi connectivity index (χ0v) is 14.0. The highest BCUT2D eigenvalue weighted by atomic mass is 19.1. The number of phenols is 1. The van der Waals surface area contributed by atoms with Crippen molar-refractivity contribution in [3.8, 4) is 5.75 Å². The molecule has 7 heteroatoms. The number of anilines is 1. The molecule has 0 aliphatic rings. The van der Waals surface area contributed by atoms with Crippen LogP contribution in [0.2, 0.25) is 0 Å². The largest absolute Gasteiger partial charge is 0.508 e. The number of halogens is 1. The van der Waals surface area contributed by atoms with E-state index >= 15 is 0 Å². The average molecular weight is 366 g/mol. The highest BCUT2D eigenvalue weighted by Gasteiger charge is 2.16. The molecule has 27 heavy (non-hydrogen) atoms. The number of benzene rings is 2. The lowest BCUT2D eigenvalue weighted by molar-refractivity contribution is -0.113. The van der Waals surface area contributed by atoms with Crippen LogP contribution in [0.5, 0.6) is 5.75 Å². The van der Waals surface area contributed by atoms with Crippen molar-refractivity contribution in [2.24, 2.45) is 0 Å². The molecule has 0 aliphatic heterocycles. The molecule has 0 spiro atoms. The summed E-state index contributed by atoms with van der Waals surface area (Å²) >= 11 is 0. The van der Waals surface area contributed by atoms with Crippen LogP contribution in [0.1, 0.15) is 16.1 Å². The Labute approximate surface area is 153 Å². The maximum Gasteiger partial charge on any atom is 0.291 e. The molecule has 0 aliphatic carbocycles. The number of carbonyl (C=O) groups is 2. The van der Waals surface area contributed by atoms with Gasteiger partial charge in [0.05, 0.1) is 6.26 Å². The Hall–Kier alpha value is -3.87. The third-order valence-electron chi connectivity index (χ3n) is 3.52. The van der Waals surface area contributed by atoms with Crippen LogP contribution >= 0.6 is 0 Å². The lowest BCUT2D eigenvalue weighted by Crippen LogP contribution is -2.30. The minimum absolute atomic E-state index is 0.0171. The normalized spacial score (nSPS) is 11.1. The van der Waals surface area contributed by atoms with Crippen LogP contribution in [0.15, 0.2) is 77.0 Å². The van der Waals surface area contributed by atoms with Crippen molar-refractivity contribution in [3.05, 3.63) is 89.8 Å². The molecule has 3 aromatic rings. The summed E-state index contributed by atoms with van der Waals surface area (Å²) in [4.78, 5) is 24.9. The molecule has 1 aromatic heterocycles. The number of nitrogens with one attached hydrogen (secondary N) is 2. The third kappa shape index (κ3) is 4.82. The van der Waals surface area contributed by atoms with Crippen LogP contribution in [-0.2, 0) is 4.79 Å². The van der Waals surface area contributed by atoms with Gasteiger partial charge in [0.15, 0.2) is 5.76 Å². The van der Waals surface area contributed by atoms with Crippen LogP contribution in [0, 0.1) is 5.82 Å².